The second-order valence-electron chi connectivity index (χ2n) is 7.36. The highest BCUT2D eigenvalue weighted by Crippen LogP contribution is 2.15. The molecule has 0 saturated carbocycles. The van der Waals surface area contributed by atoms with Crippen LogP contribution in [0.3, 0.4) is 0 Å². The summed E-state index contributed by atoms with van der Waals surface area (Å²) in [6.07, 6.45) is 14.1. The topological polar surface area (TPSA) is 29.5 Å². The van der Waals surface area contributed by atoms with Gasteiger partial charge in [0.15, 0.2) is 0 Å². The van der Waals surface area contributed by atoms with E-state index >= 15 is 0 Å². The summed E-state index contributed by atoms with van der Waals surface area (Å²) in [4.78, 5) is 14.2. The fraction of sp³-hybridized carbons (Fsp3) is 0.944. The first kappa shape index (κ1) is 18.3. The van der Waals surface area contributed by atoms with E-state index in [2.05, 4.69) is 0 Å². The van der Waals surface area contributed by atoms with E-state index in [4.69, 9.17) is 4.74 Å². The Balaban J connectivity index is 2.43. The molecule has 1 fully saturated rings. The first-order valence-corrected chi connectivity index (χ1v) is 8.97. The second-order valence-corrected chi connectivity index (χ2v) is 7.36. The summed E-state index contributed by atoms with van der Waals surface area (Å²) in [6, 6.07) is 0. The van der Waals surface area contributed by atoms with Crippen LogP contribution < -0.4 is 0 Å². The van der Waals surface area contributed by atoms with E-state index in [1.807, 2.05) is 25.7 Å². The predicted octanol–water partition coefficient (Wildman–Crippen LogP) is 5.53. The number of rotatable bonds is 0. The molecule has 1 aliphatic rings. The number of carbonyl (C=O) groups excluding carboxylic acids is 1. The van der Waals surface area contributed by atoms with Gasteiger partial charge in [0.2, 0.25) is 0 Å². The number of hydrogen-bond acceptors (Lipinski definition) is 2. The zero-order valence-corrected chi connectivity index (χ0v) is 14.5. The van der Waals surface area contributed by atoms with Gasteiger partial charge in [0.25, 0.3) is 0 Å². The molecule has 0 radical (unpaired) electrons. The Hall–Kier alpha value is -0.730. The number of hydrogen-bond donors (Lipinski definition) is 0. The molecule has 0 spiro atoms. The summed E-state index contributed by atoms with van der Waals surface area (Å²) >= 11 is 0. The molecule has 0 aromatic rings. The number of nitrogens with zero attached hydrogens (tertiary/aromatic N) is 1. The van der Waals surface area contributed by atoms with E-state index in [1.54, 1.807) is 0 Å². The Bertz CT molecular complexity index is 269. The van der Waals surface area contributed by atoms with E-state index in [1.165, 1.54) is 57.8 Å². The molecule has 3 heteroatoms. The first-order chi connectivity index (χ1) is 9.99. The highest BCUT2D eigenvalue weighted by atomic mass is 16.6. The lowest BCUT2D eigenvalue weighted by Crippen LogP contribution is -2.38. The molecule has 1 aliphatic heterocycles. The minimum absolute atomic E-state index is 0.130. The van der Waals surface area contributed by atoms with Crippen molar-refractivity contribution < 1.29 is 9.53 Å². The smallest absolute Gasteiger partial charge is 0.410 e. The monoisotopic (exact) mass is 297 g/mol. The van der Waals surface area contributed by atoms with Crippen LogP contribution in [-0.2, 0) is 4.74 Å². The van der Waals surface area contributed by atoms with Gasteiger partial charge in [0, 0.05) is 13.1 Å². The Kier molecular flexibility index (Phi) is 8.79. The standard InChI is InChI=1S/C18H35NO2/c1-18(2,3)21-17(20)19-15-13-11-9-7-5-4-6-8-10-12-14-16-19/h4-16H2,1-3H3. The van der Waals surface area contributed by atoms with Crippen LogP contribution in [0.4, 0.5) is 4.79 Å². The van der Waals surface area contributed by atoms with E-state index in [0.717, 1.165) is 25.9 Å². The van der Waals surface area contributed by atoms with Crippen molar-refractivity contribution in [1.29, 1.82) is 0 Å². The van der Waals surface area contributed by atoms with Crippen molar-refractivity contribution in [2.75, 3.05) is 13.1 Å². The number of ether oxygens (including phenoxy) is 1. The molecule has 124 valence electrons. The Morgan fingerprint density at radius 2 is 1.05 bits per heavy atom. The Labute approximate surface area is 131 Å². The van der Waals surface area contributed by atoms with E-state index < -0.39 is 5.60 Å². The van der Waals surface area contributed by atoms with Crippen LogP contribution in [0, 0.1) is 0 Å². The second kappa shape index (κ2) is 10.1. The Morgan fingerprint density at radius 1 is 0.714 bits per heavy atom. The van der Waals surface area contributed by atoms with Crippen molar-refractivity contribution in [3.05, 3.63) is 0 Å². The molecule has 0 aromatic heterocycles. The van der Waals surface area contributed by atoms with Crippen molar-refractivity contribution in [3.63, 3.8) is 0 Å². The maximum Gasteiger partial charge on any atom is 0.410 e. The highest BCUT2D eigenvalue weighted by molar-refractivity contribution is 5.68. The van der Waals surface area contributed by atoms with E-state index in [-0.39, 0.29) is 6.09 Å². The van der Waals surface area contributed by atoms with Crippen LogP contribution in [0.15, 0.2) is 0 Å². The van der Waals surface area contributed by atoms with Gasteiger partial charge in [-0.1, -0.05) is 57.8 Å². The predicted molar refractivity (Wildman–Crippen MR) is 88.6 cm³/mol. The fourth-order valence-corrected chi connectivity index (χ4v) is 2.82. The molecule has 1 amide bonds. The normalized spacial score (nSPS) is 20.6. The van der Waals surface area contributed by atoms with Crippen molar-refractivity contribution >= 4 is 6.09 Å². The van der Waals surface area contributed by atoms with Crippen LogP contribution >= 0.6 is 0 Å². The van der Waals surface area contributed by atoms with Gasteiger partial charge in [0.05, 0.1) is 0 Å². The van der Waals surface area contributed by atoms with Gasteiger partial charge >= 0.3 is 6.09 Å². The zero-order valence-electron chi connectivity index (χ0n) is 14.5. The van der Waals surface area contributed by atoms with Crippen LogP contribution in [0.25, 0.3) is 0 Å². The molecule has 0 aromatic carbocycles. The zero-order chi connectivity index (χ0) is 15.6. The van der Waals surface area contributed by atoms with Gasteiger partial charge in [-0.25, -0.2) is 4.79 Å². The third-order valence-electron chi connectivity index (χ3n) is 4.01. The lowest BCUT2D eigenvalue weighted by molar-refractivity contribution is 0.0243. The summed E-state index contributed by atoms with van der Waals surface area (Å²) in [5.41, 5.74) is -0.393. The highest BCUT2D eigenvalue weighted by Gasteiger charge is 2.21. The SMILES string of the molecule is CC(C)(C)OC(=O)N1CCCCCCCCCCCCC1. The summed E-state index contributed by atoms with van der Waals surface area (Å²) in [5, 5.41) is 0. The van der Waals surface area contributed by atoms with Crippen LogP contribution in [0.1, 0.15) is 91.4 Å². The van der Waals surface area contributed by atoms with E-state index in [0.29, 0.717) is 0 Å². The van der Waals surface area contributed by atoms with Gasteiger partial charge in [-0.3, -0.25) is 0 Å². The number of amides is 1. The van der Waals surface area contributed by atoms with Crippen molar-refractivity contribution in [2.45, 2.75) is 97.0 Å². The van der Waals surface area contributed by atoms with Crippen LogP contribution in [-0.4, -0.2) is 29.7 Å². The lowest BCUT2D eigenvalue weighted by Gasteiger charge is -2.27. The van der Waals surface area contributed by atoms with Crippen LogP contribution in [0.5, 0.6) is 0 Å². The molecular formula is C18H35NO2. The Morgan fingerprint density at radius 3 is 1.38 bits per heavy atom. The third-order valence-corrected chi connectivity index (χ3v) is 4.01. The van der Waals surface area contributed by atoms with Gasteiger partial charge < -0.3 is 9.64 Å². The van der Waals surface area contributed by atoms with Crippen molar-refractivity contribution in [3.8, 4) is 0 Å². The molecule has 0 N–H and O–H groups in total. The average molecular weight is 297 g/mol. The lowest BCUT2D eigenvalue weighted by atomic mass is 10.0. The van der Waals surface area contributed by atoms with Crippen LogP contribution in [0.2, 0.25) is 0 Å². The van der Waals surface area contributed by atoms with E-state index in [9.17, 15) is 4.79 Å². The van der Waals surface area contributed by atoms with Gasteiger partial charge in [-0.05, 0) is 33.6 Å². The fourth-order valence-electron chi connectivity index (χ4n) is 2.82. The summed E-state index contributed by atoms with van der Waals surface area (Å²) in [7, 11) is 0. The first-order valence-electron chi connectivity index (χ1n) is 8.97. The average Bonchev–Trinajstić information content (AvgIpc) is 2.39. The van der Waals surface area contributed by atoms with Gasteiger partial charge in [-0.2, -0.15) is 0 Å². The third kappa shape index (κ3) is 9.76. The molecule has 1 rings (SSSR count). The minimum Gasteiger partial charge on any atom is -0.444 e. The molecule has 0 aliphatic carbocycles. The molecule has 0 bridgehead atoms. The summed E-state index contributed by atoms with van der Waals surface area (Å²) in [6.45, 7) is 7.53. The molecule has 3 nitrogen and oxygen atoms in total. The molecular weight excluding hydrogens is 262 g/mol. The summed E-state index contributed by atoms with van der Waals surface area (Å²) in [5.74, 6) is 0. The van der Waals surface area contributed by atoms with Crippen molar-refractivity contribution in [1.82, 2.24) is 4.90 Å². The summed E-state index contributed by atoms with van der Waals surface area (Å²) < 4.78 is 5.53. The maximum absolute atomic E-state index is 12.3. The quantitative estimate of drug-likeness (QED) is 0.588. The van der Waals surface area contributed by atoms with Gasteiger partial charge in [0.1, 0.15) is 5.60 Å². The molecule has 0 unspecified atom stereocenters. The van der Waals surface area contributed by atoms with Gasteiger partial charge in [-0.15, -0.1) is 0 Å². The molecule has 1 saturated heterocycles. The maximum atomic E-state index is 12.3. The molecule has 21 heavy (non-hydrogen) atoms. The van der Waals surface area contributed by atoms with Crippen molar-refractivity contribution in [2.24, 2.45) is 0 Å². The molecule has 0 atom stereocenters. The minimum atomic E-state index is -0.393. The largest absolute Gasteiger partial charge is 0.444 e. The number of carbonyl (C=O) groups is 1. The molecule has 1 heterocycles.